The van der Waals surface area contributed by atoms with Crippen LogP contribution in [0.1, 0.15) is 14.8 Å². The Labute approximate surface area is 108 Å². The van der Waals surface area contributed by atoms with Crippen molar-refractivity contribution in [1.82, 2.24) is 15.2 Å². The van der Waals surface area contributed by atoms with E-state index in [1.54, 1.807) is 0 Å². The first-order valence-electron chi connectivity index (χ1n) is 6.35. The highest BCUT2D eigenvalue weighted by atomic mass is 15.6. The minimum Gasteiger partial charge on any atom is -0.354 e. The second kappa shape index (κ2) is 4.80. The second-order valence-corrected chi connectivity index (χ2v) is 4.51. The van der Waals surface area contributed by atoms with Crippen LogP contribution in [0.4, 0.5) is 0 Å². The molecule has 3 rings (SSSR count). The number of nitrogens with zero attached hydrogens (tertiary/aromatic N) is 4. The largest absolute Gasteiger partial charge is 0.354 e. The predicted molar refractivity (Wildman–Crippen MR) is 74.3 cm³/mol. The van der Waals surface area contributed by atoms with E-state index < -0.39 is 0 Å². The van der Waals surface area contributed by atoms with Gasteiger partial charge in [0.05, 0.1) is 0 Å². The van der Waals surface area contributed by atoms with Crippen LogP contribution >= 0.6 is 0 Å². The molecule has 0 aromatic carbocycles. The Morgan fingerprint density at radius 1 is 1.39 bits per heavy atom. The maximum atomic E-state index is 4.49. The zero-order chi connectivity index (χ0) is 12.4. The Balaban J connectivity index is 0.00000133. The second-order valence-electron chi connectivity index (χ2n) is 4.51. The highest BCUT2D eigenvalue weighted by molar-refractivity contribution is 5.94. The summed E-state index contributed by atoms with van der Waals surface area (Å²) in [5.74, 6) is 1.90. The molecular weight excluding hydrogens is 226 g/mol. The summed E-state index contributed by atoms with van der Waals surface area (Å²) < 4.78 is 0. The molecule has 0 aliphatic carbocycles. The molecule has 96 valence electrons. The summed E-state index contributed by atoms with van der Waals surface area (Å²) in [6.07, 6.45) is 6.77. The van der Waals surface area contributed by atoms with Crippen molar-refractivity contribution < 1.29 is 1.43 Å². The van der Waals surface area contributed by atoms with Gasteiger partial charge in [0.15, 0.2) is 5.82 Å². The lowest BCUT2D eigenvalue weighted by Gasteiger charge is -2.36. The number of allylic oxidation sites excluding steroid dienone is 2. The Bertz CT molecular complexity index is 493. The van der Waals surface area contributed by atoms with E-state index in [2.05, 4.69) is 32.1 Å². The molecule has 0 saturated carbocycles. The fraction of sp³-hybridized carbons (Fsp3) is 0.462. The van der Waals surface area contributed by atoms with Crippen LogP contribution < -0.4 is 5.32 Å². The summed E-state index contributed by atoms with van der Waals surface area (Å²) in [6.45, 7) is 6.05. The van der Waals surface area contributed by atoms with Gasteiger partial charge < -0.3 is 10.2 Å². The van der Waals surface area contributed by atoms with Gasteiger partial charge in [0.25, 0.3) is 0 Å². The van der Waals surface area contributed by atoms with Crippen LogP contribution in [0.25, 0.3) is 0 Å². The number of rotatable bonds is 1. The minimum atomic E-state index is 0. The SMILES string of the molecule is CC1=NC2=C=CCC=NN2C(N2CCNCC2)=C1.[HH]. The lowest BCUT2D eigenvalue weighted by atomic mass is 10.3. The maximum absolute atomic E-state index is 4.49. The van der Waals surface area contributed by atoms with Crippen LogP contribution in [-0.2, 0) is 0 Å². The van der Waals surface area contributed by atoms with Gasteiger partial charge in [-0.15, -0.1) is 0 Å². The highest BCUT2D eigenvalue weighted by Crippen LogP contribution is 2.23. The van der Waals surface area contributed by atoms with Crippen molar-refractivity contribution >= 4 is 11.9 Å². The Kier molecular flexibility index (Phi) is 3.00. The average Bonchev–Trinajstić information content (AvgIpc) is 2.64. The molecule has 0 aromatic rings. The van der Waals surface area contributed by atoms with Gasteiger partial charge >= 0.3 is 0 Å². The van der Waals surface area contributed by atoms with E-state index in [-0.39, 0.29) is 1.43 Å². The van der Waals surface area contributed by atoms with Crippen LogP contribution in [0.3, 0.4) is 0 Å². The van der Waals surface area contributed by atoms with E-state index in [0.29, 0.717) is 0 Å². The zero-order valence-corrected chi connectivity index (χ0v) is 10.6. The molecular formula is C13H19N5. The van der Waals surface area contributed by atoms with Crippen molar-refractivity contribution in [3.8, 4) is 0 Å². The van der Waals surface area contributed by atoms with Gasteiger partial charge in [0.2, 0.25) is 0 Å². The van der Waals surface area contributed by atoms with Crippen LogP contribution in [0.5, 0.6) is 0 Å². The summed E-state index contributed by atoms with van der Waals surface area (Å²) in [5, 5.41) is 9.73. The number of fused-ring (bicyclic) bond motifs is 1. The molecule has 18 heavy (non-hydrogen) atoms. The topological polar surface area (TPSA) is 43.2 Å². The average molecular weight is 245 g/mol. The van der Waals surface area contributed by atoms with E-state index in [1.807, 2.05) is 24.2 Å². The molecule has 0 amide bonds. The van der Waals surface area contributed by atoms with Crippen molar-refractivity contribution in [3.05, 3.63) is 29.5 Å². The fourth-order valence-electron chi connectivity index (χ4n) is 2.26. The molecule has 0 radical (unpaired) electrons. The molecule has 0 atom stereocenters. The standard InChI is InChI=1S/C13H17N5.H2/c1-11-10-13(17-8-6-14-7-9-17)18-12(16-11)4-2-3-5-15-18;/h2,5,10,14H,3,6-9H2,1H3;1H. The summed E-state index contributed by atoms with van der Waals surface area (Å²) in [4.78, 5) is 6.84. The first-order chi connectivity index (χ1) is 8.84. The van der Waals surface area contributed by atoms with E-state index >= 15 is 0 Å². The molecule has 1 fully saturated rings. The summed E-state index contributed by atoms with van der Waals surface area (Å²) in [6, 6.07) is 0. The quantitative estimate of drug-likeness (QED) is 0.705. The molecule has 5 nitrogen and oxygen atoms in total. The number of hydrazone groups is 1. The third kappa shape index (κ3) is 2.10. The third-order valence-corrected chi connectivity index (χ3v) is 3.13. The molecule has 0 unspecified atom stereocenters. The van der Waals surface area contributed by atoms with Gasteiger partial charge in [-0.2, -0.15) is 10.1 Å². The van der Waals surface area contributed by atoms with E-state index in [4.69, 9.17) is 0 Å². The molecule has 1 saturated heterocycles. The third-order valence-electron chi connectivity index (χ3n) is 3.13. The van der Waals surface area contributed by atoms with Crippen molar-refractivity contribution in [2.45, 2.75) is 13.3 Å². The summed E-state index contributed by atoms with van der Waals surface area (Å²) in [7, 11) is 0. The van der Waals surface area contributed by atoms with Gasteiger partial charge in [-0.05, 0) is 13.0 Å². The normalized spacial score (nSPS) is 23.1. The van der Waals surface area contributed by atoms with E-state index in [1.165, 1.54) is 0 Å². The van der Waals surface area contributed by atoms with Gasteiger partial charge in [-0.1, -0.05) is 5.73 Å². The number of nitrogens with one attached hydrogen (secondary N) is 1. The van der Waals surface area contributed by atoms with E-state index in [9.17, 15) is 0 Å². The number of hydrogen-bond donors (Lipinski definition) is 1. The van der Waals surface area contributed by atoms with Gasteiger partial charge in [-0.3, -0.25) is 0 Å². The van der Waals surface area contributed by atoms with Crippen LogP contribution in [0.15, 0.2) is 39.6 Å². The van der Waals surface area contributed by atoms with Gasteiger partial charge in [0, 0.05) is 52.0 Å². The van der Waals surface area contributed by atoms with Crippen LogP contribution in [-0.4, -0.2) is 48.0 Å². The number of aliphatic imine (C=N–C) groups is 1. The predicted octanol–water partition coefficient (Wildman–Crippen LogP) is 1.14. The Morgan fingerprint density at radius 3 is 3.06 bits per heavy atom. The molecule has 0 bridgehead atoms. The molecule has 3 heterocycles. The van der Waals surface area contributed by atoms with Crippen molar-refractivity contribution in [1.29, 1.82) is 0 Å². The zero-order valence-electron chi connectivity index (χ0n) is 10.6. The van der Waals surface area contributed by atoms with Crippen LogP contribution in [0, 0.1) is 0 Å². The monoisotopic (exact) mass is 245 g/mol. The Morgan fingerprint density at radius 2 is 2.22 bits per heavy atom. The number of piperazine rings is 1. The summed E-state index contributed by atoms with van der Waals surface area (Å²) >= 11 is 0. The summed E-state index contributed by atoms with van der Waals surface area (Å²) in [5.41, 5.74) is 4.21. The first-order valence-corrected chi connectivity index (χ1v) is 6.35. The van der Waals surface area contributed by atoms with Gasteiger partial charge in [0.1, 0.15) is 5.82 Å². The lowest BCUT2D eigenvalue weighted by Crippen LogP contribution is -2.46. The lowest BCUT2D eigenvalue weighted by molar-refractivity contribution is 0.220. The minimum absolute atomic E-state index is 0. The molecule has 1 N–H and O–H groups in total. The highest BCUT2D eigenvalue weighted by Gasteiger charge is 2.24. The smallest absolute Gasteiger partial charge is 0.199 e. The molecule has 3 aliphatic heterocycles. The van der Waals surface area contributed by atoms with E-state index in [0.717, 1.165) is 50.0 Å². The van der Waals surface area contributed by atoms with Gasteiger partial charge in [-0.25, -0.2) is 4.99 Å². The number of hydrogen-bond acceptors (Lipinski definition) is 5. The Hall–Kier alpha value is -1.84. The maximum Gasteiger partial charge on any atom is 0.199 e. The molecule has 0 aromatic heterocycles. The fourth-order valence-corrected chi connectivity index (χ4v) is 2.26. The van der Waals surface area contributed by atoms with Crippen molar-refractivity contribution in [2.75, 3.05) is 26.2 Å². The van der Waals surface area contributed by atoms with Crippen molar-refractivity contribution in [2.24, 2.45) is 10.1 Å². The van der Waals surface area contributed by atoms with Crippen molar-refractivity contribution in [3.63, 3.8) is 0 Å². The molecule has 5 heteroatoms. The molecule has 3 aliphatic rings. The van der Waals surface area contributed by atoms with Crippen LogP contribution in [0.2, 0.25) is 0 Å². The first kappa shape index (κ1) is 11.3. The molecule has 0 spiro atoms.